The van der Waals surface area contributed by atoms with Gasteiger partial charge in [0, 0.05) is 66.6 Å². The minimum absolute atomic E-state index is 0.574. The Balaban J connectivity index is 0.922. The van der Waals surface area contributed by atoms with Crippen LogP contribution < -0.4 is 0 Å². The molecule has 15 aromatic rings. The summed E-state index contributed by atoms with van der Waals surface area (Å²) in [6.07, 6.45) is 1.86. The maximum atomic E-state index is 5.10. The zero-order valence-corrected chi connectivity index (χ0v) is 40.5. The average molecular weight is 958 g/mol. The third kappa shape index (κ3) is 7.05. The van der Waals surface area contributed by atoms with Crippen molar-refractivity contribution >= 4 is 65.4 Å². The summed E-state index contributed by atoms with van der Waals surface area (Å²) in [5.41, 5.74) is 16.3. The molecule has 10 aromatic carbocycles. The Morgan fingerprint density at radius 3 is 0.987 bits per heavy atom. The second-order valence-electron chi connectivity index (χ2n) is 19.1. The summed E-state index contributed by atoms with van der Waals surface area (Å²) in [6.45, 7) is 0. The molecule has 7 heteroatoms. The summed E-state index contributed by atoms with van der Waals surface area (Å²) in [4.78, 5) is 20.3. The van der Waals surface area contributed by atoms with Gasteiger partial charge in [-0.05, 0) is 119 Å². The van der Waals surface area contributed by atoms with Gasteiger partial charge < -0.3 is 9.13 Å². The first-order chi connectivity index (χ1) is 37.2. The van der Waals surface area contributed by atoms with Crippen molar-refractivity contribution in [3.8, 4) is 73.6 Å². The third-order valence-electron chi connectivity index (χ3n) is 14.7. The molecule has 0 bridgehead atoms. The van der Waals surface area contributed by atoms with E-state index in [0.717, 1.165) is 77.9 Å². The molecule has 7 nitrogen and oxygen atoms in total. The molecule has 0 saturated heterocycles. The largest absolute Gasteiger partial charge is 0.309 e. The van der Waals surface area contributed by atoms with Crippen LogP contribution in [0.25, 0.3) is 139 Å². The molecule has 75 heavy (non-hydrogen) atoms. The summed E-state index contributed by atoms with van der Waals surface area (Å²) in [7, 11) is 0. The standard InChI is InChI=1S/C68H43N7/c1-5-17-44(18-6-1)66-70-67(45-19-7-2-8-20-45)72-68(71-66)50-37-38-69-65(43-50)75-63-35-31-48(46-29-33-61-55(39-46)53-25-13-15-27-59(53)73(61)51-21-9-3-10-22-51)41-57(63)58-42-49(32-36-64(58)75)47-30-34-62-56(40-47)54-26-14-16-28-60(54)74(62)52-23-11-4-12-24-52/h1-43H. The Labute approximate surface area is 431 Å². The molecule has 350 valence electrons. The number of nitrogens with zero attached hydrogens (tertiary/aromatic N) is 7. The highest BCUT2D eigenvalue weighted by Gasteiger charge is 2.20. The number of aromatic nitrogens is 7. The topological polar surface area (TPSA) is 66.3 Å². The Kier molecular flexibility index (Phi) is 9.75. The minimum atomic E-state index is 0.574. The molecule has 0 radical (unpaired) electrons. The van der Waals surface area contributed by atoms with E-state index in [0.29, 0.717) is 17.5 Å². The van der Waals surface area contributed by atoms with Crippen molar-refractivity contribution in [1.29, 1.82) is 0 Å². The first-order valence-electron chi connectivity index (χ1n) is 25.3. The van der Waals surface area contributed by atoms with Crippen molar-refractivity contribution in [2.24, 2.45) is 0 Å². The first kappa shape index (κ1) is 42.4. The molecule has 0 unspecified atom stereocenters. The van der Waals surface area contributed by atoms with E-state index in [1.54, 1.807) is 0 Å². The van der Waals surface area contributed by atoms with Crippen LogP contribution in [0.2, 0.25) is 0 Å². The van der Waals surface area contributed by atoms with Crippen molar-refractivity contribution in [3.05, 3.63) is 261 Å². The molecule has 0 aliphatic carbocycles. The van der Waals surface area contributed by atoms with E-state index in [9.17, 15) is 0 Å². The van der Waals surface area contributed by atoms with Gasteiger partial charge in [-0.25, -0.2) is 19.9 Å². The Morgan fingerprint density at radius 1 is 0.227 bits per heavy atom. The highest BCUT2D eigenvalue weighted by atomic mass is 15.1. The molecule has 5 heterocycles. The lowest BCUT2D eigenvalue weighted by molar-refractivity contribution is 1.05. The predicted molar refractivity (Wildman–Crippen MR) is 308 cm³/mol. The highest BCUT2D eigenvalue weighted by molar-refractivity contribution is 6.14. The summed E-state index contributed by atoms with van der Waals surface area (Å²) >= 11 is 0. The zero-order valence-electron chi connectivity index (χ0n) is 40.5. The minimum Gasteiger partial charge on any atom is -0.309 e. The number of hydrogen-bond donors (Lipinski definition) is 0. The van der Waals surface area contributed by atoms with Gasteiger partial charge >= 0.3 is 0 Å². The molecule has 0 amide bonds. The fourth-order valence-corrected chi connectivity index (χ4v) is 11.3. The van der Waals surface area contributed by atoms with Crippen LogP contribution >= 0.6 is 0 Å². The molecule has 0 fully saturated rings. The number of para-hydroxylation sites is 4. The molecule has 0 aliphatic heterocycles. The molecule has 0 atom stereocenters. The number of hydrogen-bond acceptors (Lipinski definition) is 4. The van der Waals surface area contributed by atoms with Crippen LogP contribution in [0.5, 0.6) is 0 Å². The number of rotatable bonds is 8. The van der Waals surface area contributed by atoms with Crippen molar-refractivity contribution in [3.63, 3.8) is 0 Å². The van der Waals surface area contributed by atoms with Crippen LogP contribution in [0.4, 0.5) is 0 Å². The molecule has 0 spiro atoms. The second kappa shape index (κ2) is 17.2. The predicted octanol–water partition coefficient (Wildman–Crippen LogP) is 16.9. The van der Waals surface area contributed by atoms with Gasteiger partial charge in [-0.3, -0.25) is 4.57 Å². The fourth-order valence-electron chi connectivity index (χ4n) is 11.3. The summed E-state index contributed by atoms with van der Waals surface area (Å²) in [6, 6.07) is 90.5. The van der Waals surface area contributed by atoms with Crippen LogP contribution in [-0.4, -0.2) is 33.6 Å². The first-order valence-corrected chi connectivity index (χ1v) is 25.3. The van der Waals surface area contributed by atoms with Crippen LogP contribution in [-0.2, 0) is 0 Å². The zero-order chi connectivity index (χ0) is 49.4. The number of pyridine rings is 1. The molecular formula is C68H43N7. The Hall–Kier alpha value is -10.2. The van der Waals surface area contributed by atoms with Crippen molar-refractivity contribution in [1.82, 2.24) is 33.6 Å². The van der Waals surface area contributed by atoms with E-state index in [2.05, 4.69) is 202 Å². The quantitative estimate of drug-likeness (QED) is 0.152. The number of benzene rings is 10. The van der Waals surface area contributed by atoms with Gasteiger partial charge in [-0.1, -0.05) is 158 Å². The lowest BCUT2D eigenvalue weighted by Gasteiger charge is -2.11. The van der Waals surface area contributed by atoms with Gasteiger partial charge in [-0.15, -0.1) is 0 Å². The van der Waals surface area contributed by atoms with Crippen molar-refractivity contribution < 1.29 is 0 Å². The lowest BCUT2D eigenvalue weighted by atomic mass is 9.98. The fraction of sp³-hybridized carbons (Fsp3) is 0. The van der Waals surface area contributed by atoms with Crippen LogP contribution in [0, 0.1) is 0 Å². The van der Waals surface area contributed by atoms with Crippen LogP contribution in [0.15, 0.2) is 261 Å². The maximum absolute atomic E-state index is 5.10. The van der Waals surface area contributed by atoms with Gasteiger partial charge in [-0.2, -0.15) is 0 Å². The normalized spacial score (nSPS) is 11.7. The smallest absolute Gasteiger partial charge is 0.164 e. The van der Waals surface area contributed by atoms with Crippen LogP contribution in [0.1, 0.15) is 0 Å². The Bertz CT molecular complexity index is 4420. The van der Waals surface area contributed by atoms with Gasteiger partial charge in [0.1, 0.15) is 5.82 Å². The molecule has 0 N–H and O–H groups in total. The Morgan fingerprint density at radius 2 is 0.560 bits per heavy atom. The van der Waals surface area contributed by atoms with Gasteiger partial charge in [0.25, 0.3) is 0 Å². The van der Waals surface area contributed by atoms with E-state index >= 15 is 0 Å². The summed E-state index contributed by atoms with van der Waals surface area (Å²) in [5.74, 6) is 2.56. The van der Waals surface area contributed by atoms with E-state index < -0.39 is 0 Å². The molecule has 5 aromatic heterocycles. The highest BCUT2D eigenvalue weighted by Crippen LogP contribution is 2.41. The monoisotopic (exact) mass is 957 g/mol. The van der Waals surface area contributed by atoms with Crippen molar-refractivity contribution in [2.45, 2.75) is 0 Å². The van der Waals surface area contributed by atoms with Gasteiger partial charge in [0.05, 0.1) is 33.1 Å². The summed E-state index contributed by atoms with van der Waals surface area (Å²) < 4.78 is 7.02. The average Bonchev–Trinajstić information content (AvgIpc) is 4.20. The van der Waals surface area contributed by atoms with E-state index in [1.807, 2.05) is 72.9 Å². The van der Waals surface area contributed by atoms with E-state index in [-0.39, 0.29) is 0 Å². The van der Waals surface area contributed by atoms with Gasteiger partial charge in [0.15, 0.2) is 17.5 Å². The van der Waals surface area contributed by atoms with Crippen molar-refractivity contribution in [2.75, 3.05) is 0 Å². The molecule has 0 aliphatic rings. The van der Waals surface area contributed by atoms with Gasteiger partial charge in [0.2, 0.25) is 0 Å². The molecule has 0 saturated carbocycles. The van der Waals surface area contributed by atoms with E-state index in [1.165, 1.54) is 43.6 Å². The molecular weight excluding hydrogens is 915 g/mol. The number of fused-ring (bicyclic) bond motifs is 9. The van der Waals surface area contributed by atoms with Crippen LogP contribution in [0.3, 0.4) is 0 Å². The summed E-state index contributed by atoms with van der Waals surface area (Å²) in [5, 5.41) is 7.13. The van der Waals surface area contributed by atoms with E-state index in [4.69, 9.17) is 19.9 Å². The third-order valence-corrected chi connectivity index (χ3v) is 14.7. The lowest BCUT2D eigenvalue weighted by Crippen LogP contribution is -2.02. The second-order valence-corrected chi connectivity index (χ2v) is 19.1. The maximum Gasteiger partial charge on any atom is 0.164 e. The SMILES string of the molecule is c1ccc(-c2nc(-c3ccccc3)nc(-c3ccnc(-n4c5ccc(-c6ccc7c(c6)c6ccccc6n7-c6ccccc6)cc5c5cc(-c6ccc7c(c6)c6ccccc6n7-c6ccccc6)ccc54)c3)n2)cc1. The molecule has 15 rings (SSSR count).